The van der Waals surface area contributed by atoms with E-state index in [0.717, 1.165) is 12.8 Å². The molecule has 1 heteroatoms. The second-order valence-corrected chi connectivity index (χ2v) is 5.01. The van der Waals surface area contributed by atoms with E-state index in [-0.39, 0.29) is 5.60 Å². The number of rotatable bonds is 3. The Morgan fingerprint density at radius 1 is 1.54 bits per heavy atom. The molecule has 0 aliphatic heterocycles. The second kappa shape index (κ2) is 3.13. The van der Waals surface area contributed by atoms with Gasteiger partial charge in [0.1, 0.15) is 0 Å². The van der Waals surface area contributed by atoms with Crippen molar-refractivity contribution < 1.29 is 5.11 Å². The second-order valence-electron chi connectivity index (χ2n) is 5.01. The Balaban J connectivity index is 2.02. The zero-order valence-corrected chi connectivity index (χ0v) is 8.66. The topological polar surface area (TPSA) is 20.2 Å². The highest BCUT2D eigenvalue weighted by atomic mass is 16.3. The maximum Gasteiger partial charge on any atom is 0.0718 e. The minimum atomic E-state index is -0.352. The summed E-state index contributed by atoms with van der Waals surface area (Å²) in [6, 6.07) is 0. The molecule has 2 bridgehead atoms. The average molecular weight is 180 g/mol. The van der Waals surface area contributed by atoms with Gasteiger partial charge in [-0.05, 0) is 31.1 Å². The Labute approximate surface area is 80.8 Å². The van der Waals surface area contributed by atoms with Crippen LogP contribution in [-0.2, 0) is 0 Å². The van der Waals surface area contributed by atoms with Gasteiger partial charge in [-0.2, -0.15) is 0 Å². The minimum Gasteiger partial charge on any atom is -0.389 e. The van der Waals surface area contributed by atoms with Gasteiger partial charge in [-0.25, -0.2) is 0 Å². The fourth-order valence-corrected chi connectivity index (χ4v) is 2.91. The number of hydrogen-bond acceptors (Lipinski definition) is 1. The first-order valence-electron chi connectivity index (χ1n) is 5.55. The van der Waals surface area contributed by atoms with Crippen LogP contribution in [0.25, 0.3) is 0 Å². The Morgan fingerprint density at radius 3 is 2.77 bits per heavy atom. The van der Waals surface area contributed by atoms with Crippen molar-refractivity contribution in [3.05, 3.63) is 12.2 Å². The summed E-state index contributed by atoms with van der Waals surface area (Å²) >= 11 is 0. The van der Waals surface area contributed by atoms with E-state index < -0.39 is 0 Å². The summed E-state index contributed by atoms with van der Waals surface area (Å²) in [7, 11) is 0. The van der Waals surface area contributed by atoms with Crippen LogP contribution in [-0.4, -0.2) is 10.7 Å². The molecular formula is C12H20O. The highest BCUT2D eigenvalue weighted by Gasteiger charge is 2.47. The molecule has 13 heavy (non-hydrogen) atoms. The van der Waals surface area contributed by atoms with Crippen LogP contribution in [0.2, 0.25) is 0 Å². The first-order valence-corrected chi connectivity index (χ1v) is 5.55. The summed E-state index contributed by atoms with van der Waals surface area (Å²) in [6.45, 7) is 4.45. The smallest absolute Gasteiger partial charge is 0.0718 e. The lowest BCUT2D eigenvalue weighted by molar-refractivity contribution is -0.00672. The molecule has 4 unspecified atom stereocenters. The van der Waals surface area contributed by atoms with E-state index in [9.17, 15) is 5.11 Å². The summed E-state index contributed by atoms with van der Waals surface area (Å²) in [6.07, 6.45) is 8.91. The number of hydrogen-bond donors (Lipinski definition) is 1. The Kier molecular flexibility index (Phi) is 2.23. The normalized spacial score (nSPS) is 44.2. The van der Waals surface area contributed by atoms with Crippen molar-refractivity contribution in [3.8, 4) is 0 Å². The number of allylic oxidation sites excluding steroid dienone is 1. The zero-order valence-electron chi connectivity index (χ0n) is 8.66. The largest absolute Gasteiger partial charge is 0.389 e. The Morgan fingerprint density at radius 2 is 2.31 bits per heavy atom. The average Bonchev–Trinajstić information content (AvgIpc) is 2.62. The molecule has 0 aromatic heterocycles. The van der Waals surface area contributed by atoms with E-state index in [0.29, 0.717) is 17.8 Å². The molecule has 0 heterocycles. The fraction of sp³-hybridized carbons (Fsp3) is 0.833. The van der Waals surface area contributed by atoms with E-state index >= 15 is 0 Å². The van der Waals surface area contributed by atoms with Crippen molar-refractivity contribution in [2.75, 3.05) is 0 Å². The fourth-order valence-electron chi connectivity index (χ4n) is 2.91. The molecular weight excluding hydrogens is 160 g/mol. The van der Waals surface area contributed by atoms with Gasteiger partial charge in [-0.1, -0.05) is 32.4 Å². The van der Waals surface area contributed by atoms with Gasteiger partial charge in [0, 0.05) is 5.92 Å². The molecule has 4 atom stereocenters. The third-order valence-electron chi connectivity index (χ3n) is 3.88. The van der Waals surface area contributed by atoms with Gasteiger partial charge in [0.2, 0.25) is 0 Å². The van der Waals surface area contributed by atoms with Gasteiger partial charge < -0.3 is 5.11 Å². The van der Waals surface area contributed by atoms with Crippen LogP contribution >= 0.6 is 0 Å². The van der Waals surface area contributed by atoms with Crippen molar-refractivity contribution >= 4 is 0 Å². The van der Waals surface area contributed by atoms with Crippen molar-refractivity contribution in [2.24, 2.45) is 17.8 Å². The van der Waals surface area contributed by atoms with E-state index in [2.05, 4.69) is 26.0 Å². The maximum absolute atomic E-state index is 10.4. The third kappa shape index (κ3) is 1.54. The summed E-state index contributed by atoms with van der Waals surface area (Å²) in [5.74, 6) is 1.81. The summed E-state index contributed by atoms with van der Waals surface area (Å²) in [4.78, 5) is 0. The van der Waals surface area contributed by atoms with E-state index in [1.165, 1.54) is 12.8 Å². The molecule has 0 radical (unpaired) electrons. The standard InChI is InChI=1S/C12H20O/c1-3-9(2)7-12(13)8-10-4-5-11(12)6-10/h4-5,9-11,13H,3,6-8H2,1-2H3. The highest BCUT2D eigenvalue weighted by molar-refractivity contribution is 5.16. The molecule has 0 aromatic carbocycles. The van der Waals surface area contributed by atoms with Crippen LogP contribution in [0.15, 0.2) is 12.2 Å². The molecule has 2 aliphatic carbocycles. The first-order chi connectivity index (χ1) is 6.14. The van der Waals surface area contributed by atoms with E-state index in [1.54, 1.807) is 0 Å². The molecule has 1 nitrogen and oxygen atoms in total. The predicted octanol–water partition coefficient (Wildman–Crippen LogP) is 2.75. The van der Waals surface area contributed by atoms with Gasteiger partial charge in [0.05, 0.1) is 5.60 Å². The Hall–Kier alpha value is -0.300. The van der Waals surface area contributed by atoms with Gasteiger partial charge >= 0.3 is 0 Å². The molecule has 0 aromatic rings. The molecule has 2 rings (SSSR count). The van der Waals surface area contributed by atoms with Crippen LogP contribution in [0.1, 0.15) is 39.5 Å². The van der Waals surface area contributed by atoms with Crippen molar-refractivity contribution in [3.63, 3.8) is 0 Å². The Bertz CT molecular complexity index is 221. The maximum atomic E-state index is 10.4. The van der Waals surface area contributed by atoms with Crippen LogP contribution in [0.4, 0.5) is 0 Å². The number of aliphatic hydroxyl groups is 1. The lowest BCUT2D eigenvalue weighted by Crippen LogP contribution is -2.35. The zero-order chi connectivity index (χ0) is 9.47. The van der Waals surface area contributed by atoms with Crippen molar-refractivity contribution in [1.29, 1.82) is 0 Å². The minimum absolute atomic E-state index is 0.352. The first kappa shape index (κ1) is 9.26. The molecule has 2 aliphatic rings. The lowest BCUT2D eigenvalue weighted by atomic mass is 9.80. The van der Waals surface area contributed by atoms with Crippen LogP contribution < -0.4 is 0 Å². The molecule has 1 saturated carbocycles. The quantitative estimate of drug-likeness (QED) is 0.662. The van der Waals surface area contributed by atoms with E-state index in [1.807, 2.05) is 0 Å². The summed E-state index contributed by atoms with van der Waals surface area (Å²) in [5, 5.41) is 10.4. The van der Waals surface area contributed by atoms with Crippen LogP contribution in [0.5, 0.6) is 0 Å². The molecule has 0 spiro atoms. The van der Waals surface area contributed by atoms with Crippen molar-refractivity contribution in [2.45, 2.75) is 45.1 Å². The molecule has 1 N–H and O–H groups in total. The number of fused-ring (bicyclic) bond motifs is 2. The SMILES string of the molecule is CCC(C)CC1(O)CC2C=CC1C2. The molecule has 0 amide bonds. The van der Waals surface area contributed by atoms with Gasteiger partial charge in [0.15, 0.2) is 0 Å². The summed E-state index contributed by atoms with van der Waals surface area (Å²) in [5.41, 5.74) is -0.352. The van der Waals surface area contributed by atoms with Crippen LogP contribution in [0, 0.1) is 17.8 Å². The highest BCUT2D eigenvalue weighted by Crippen LogP contribution is 2.49. The van der Waals surface area contributed by atoms with Gasteiger partial charge in [0.25, 0.3) is 0 Å². The molecule has 0 saturated heterocycles. The van der Waals surface area contributed by atoms with Crippen LogP contribution in [0.3, 0.4) is 0 Å². The van der Waals surface area contributed by atoms with Crippen molar-refractivity contribution in [1.82, 2.24) is 0 Å². The third-order valence-corrected chi connectivity index (χ3v) is 3.88. The summed E-state index contributed by atoms with van der Waals surface area (Å²) < 4.78 is 0. The predicted molar refractivity (Wildman–Crippen MR) is 54.4 cm³/mol. The molecule has 74 valence electrons. The lowest BCUT2D eigenvalue weighted by Gasteiger charge is -2.32. The van der Waals surface area contributed by atoms with E-state index in [4.69, 9.17) is 0 Å². The van der Waals surface area contributed by atoms with Gasteiger partial charge in [-0.15, -0.1) is 0 Å². The molecule has 1 fully saturated rings. The monoisotopic (exact) mass is 180 g/mol. The van der Waals surface area contributed by atoms with Gasteiger partial charge in [-0.3, -0.25) is 0 Å².